The molecule has 0 aliphatic heterocycles. The van der Waals surface area contributed by atoms with E-state index in [-0.39, 0.29) is 35.7 Å². The summed E-state index contributed by atoms with van der Waals surface area (Å²) in [7, 11) is -2.03. The van der Waals surface area contributed by atoms with E-state index in [1.54, 1.807) is 11.4 Å². The Balaban J connectivity index is 2.36. The third-order valence-corrected chi connectivity index (χ3v) is 5.47. The summed E-state index contributed by atoms with van der Waals surface area (Å²) in [6.07, 6.45) is 0.413. The molecule has 0 spiro atoms. The molecule has 0 aromatic carbocycles. The summed E-state index contributed by atoms with van der Waals surface area (Å²) in [4.78, 5) is 11.7. The zero-order valence-corrected chi connectivity index (χ0v) is 13.4. The molecule has 9 heteroatoms. The maximum atomic E-state index is 11.8. The predicted octanol–water partition coefficient (Wildman–Crippen LogP) is -0.0699. The van der Waals surface area contributed by atoms with Crippen LogP contribution in [0.5, 0.6) is 0 Å². The Morgan fingerprint density at radius 3 is 2.86 bits per heavy atom. The van der Waals surface area contributed by atoms with E-state index in [9.17, 15) is 13.2 Å². The highest BCUT2D eigenvalue weighted by Crippen LogP contribution is 2.14. The zero-order chi connectivity index (χ0) is 15.7. The lowest BCUT2D eigenvalue weighted by molar-refractivity contribution is -0.122. The fourth-order valence-electron chi connectivity index (χ4n) is 1.64. The lowest BCUT2D eigenvalue weighted by Gasteiger charge is -2.16. The topological polar surface area (TPSA) is 105 Å². The molecule has 0 aliphatic carbocycles. The van der Waals surface area contributed by atoms with Crippen molar-refractivity contribution in [1.29, 1.82) is 0 Å². The molecule has 120 valence electrons. The highest BCUT2D eigenvalue weighted by molar-refractivity contribution is 7.91. The molecule has 0 radical (unpaired) electrons. The first-order valence-corrected chi connectivity index (χ1v) is 8.78. The van der Waals surface area contributed by atoms with Crippen molar-refractivity contribution in [2.24, 2.45) is 0 Å². The molecule has 0 bridgehead atoms. The third kappa shape index (κ3) is 6.53. The lowest BCUT2D eigenvalue weighted by atomic mass is 10.2. The van der Waals surface area contributed by atoms with E-state index in [0.29, 0.717) is 13.0 Å². The number of carbonyl (C=O) groups excluding carboxylic acids is 1. The van der Waals surface area contributed by atoms with Crippen LogP contribution in [0.3, 0.4) is 0 Å². The van der Waals surface area contributed by atoms with Crippen molar-refractivity contribution in [3.8, 4) is 0 Å². The van der Waals surface area contributed by atoms with E-state index < -0.39 is 10.0 Å². The second kappa shape index (κ2) is 9.11. The fourth-order valence-corrected chi connectivity index (χ4v) is 3.71. The first kappa shape index (κ1) is 18.1. The lowest BCUT2D eigenvalue weighted by Crippen LogP contribution is -2.40. The van der Waals surface area contributed by atoms with Crippen LogP contribution in [0.2, 0.25) is 0 Å². The van der Waals surface area contributed by atoms with Crippen molar-refractivity contribution >= 4 is 27.3 Å². The van der Waals surface area contributed by atoms with Crippen LogP contribution >= 0.6 is 11.3 Å². The quantitative estimate of drug-likeness (QED) is 0.555. The first-order chi connectivity index (χ1) is 9.99. The van der Waals surface area contributed by atoms with Gasteiger partial charge in [0.1, 0.15) is 4.21 Å². The molecule has 7 nitrogen and oxygen atoms in total. The second-order valence-electron chi connectivity index (χ2n) is 4.31. The molecule has 0 saturated heterocycles. The average molecular weight is 336 g/mol. The summed E-state index contributed by atoms with van der Waals surface area (Å²) in [5.41, 5.74) is 0. The summed E-state index contributed by atoms with van der Waals surface area (Å²) in [5, 5.41) is 13.2. The number of aliphatic hydroxyl groups excluding tert-OH is 1. The van der Waals surface area contributed by atoms with Gasteiger partial charge in [0.2, 0.25) is 15.9 Å². The van der Waals surface area contributed by atoms with E-state index in [0.717, 1.165) is 11.3 Å². The molecule has 0 saturated carbocycles. The SMILES string of the molecule is COCC(CCO)NC(=O)CCNS(=O)(=O)c1cccs1. The predicted molar refractivity (Wildman–Crippen MR) is 79.6 cm³/mol. The highest BCUT2D eigenvalue weighted by atomic mass is 32.2. The van der Waals surface area contributed by atoms with Crippen molar-refractivity contribution in [2.75, 3.05) is 26.9 Å². The van der Waals surface area contributed by atoms with Crippen LogP contribution in [0.25, 0.3) is 0 Å². The first-order valence-electron chi connectivity index (χ1n) is 6.42. The highest BCUT2D eigenvalue weighted by Gasteiger charge is 2.16. The summed E-state index contributed by atoms with van der Waals surface area (Å²) < 4.78 is 31.2. The van der Waals surface area contributed by atoms with Gasteiger partial charge in [0.25, 0.3) is 0 Å². The Hall–Kier alpha value is -1.00. The summed E-state index contributed by atoms with van der Waals surface area (Å²) in [6.45, 7) is 0.261. The molecular weight excluding hydrogens is 316 g/mol. The Morgan fingerprint density at radius 2 is 2.29 bits per heavy atom. The van der Waals surface area contributed by atoms with E-state index in [1.807, 2.05) is 0 Å². The molecule has 1 amide bonds. The molecule has 1 unspecified atom stereocenters. The molecule has 1 aromatic heterocycles. The average Bonchev–Trinajstić information content (AvgIpc) is 2.93. The maximum absolute atomic E-state index is 11.8. The minimum atomic E-state index is -3.54. The van der Waals surface area contributed by atoms with Gasteiger partial charge >= 0.3 is 0 Å². The molecule has 3 N–H and O–H groups in total. The number of thiophene rings is 1. The molecule has 21 heavy (non-hydrogen) atoms. The molecule has 1 heterocycles. The van der Waals surface area contributed by atoms with Gasteiger partial charge < -0.3 is 15.2 Å². The summed E-state index contributed by atoms with van der Waals surface area (Å²) in [5.74, 6) is -0.292. The van der Waals surface area contributed by atoms with Crippen LogP contribution in [0.4, 0.5) is 0 Å². The monoisotopic (exact) mass is 336 g/mol. The normalized spacial score (nSPS) is 13.0. The Morgan fingerprint density at radius 1 is 1.52 bits per heavy atom. The van der Waals surface area contributed by atoms with Gasteiger partial charge in [0.15, 0.2) is 0 Å². The van der Waals surface area contributed by atoms with Crippen LogP contribution in [-0.4, -0.2) is 52.3 Å². The number of ether oxygens (including phenoxy) is 1. The van der Waals surface area contributed by atoms with Gasteiger partial charge in [-0.05, 0) is 17.9 Å². The molecule has 0 fully saturated rings. The largest absolute Gasteiger partial charge is 0.396 e. The Labute approximate surface area is 128 Å². The van der Waals surface area contributed by atoms with Crippen LogP contribution in [0.1, 0.15) is 12.8 Å². The zero-order valence-electron chi connectivity index (χ0n) is 11.7. The summed E-state index contributed by atoms with van der Waals surface area (Å²) in [6, 6.07) is 2.88. The van der Waals surface area contributed by atoms with Crippen LogP contribution < -0.4 is 10.0 Å². The number of rotatable bonds is 10. The van der Waals surface area contributed by atoms with E-state index in [1.165, 1.54) is 13.2 Å². The number of amides is 1. The standard InChI is InChI=1S/C12H20N2O5S2/c1-19-9-10(5-7-15)14-11(16)4-6-13-21(17,18)12-3-2-8-20-12/h2-3,8,10,13,15H,4-7,9H2,1H3,(H,14,16). The van der Waals surface area contributed by atoms with E-state index in [2.05, 4.69) is 10.0 Å². The molecular formula is C12H20N2O5S2. The number of methoxy groups -OCH3 is 1. The van der Waals surface area contributed by atoms with Gasteiger partial charge in [0.05, 0.1) is 12.6 Å². The van der Waals surface area contributed by atoms with Crippen molar-refractivity contribution in [1.82, 2.24) is 10.0 Å². The molecule has 1 aromatic rings. The number of nitrogens with one attached hydrogen (secondary N) is 2. The minimum Gasteiger partial charge on any atom is -0.396 e. The van der Waals surface area contributed by atoms with E-state index in [4.69, 9.17) is 9.84 Å². The van der Waals surface area contributed by atoms with Gasteiger partial charge in [0, 0.05) is 26.7 Å². The Kier molecular flexibility index (Phi) is 7.83. The minimum absolute atomic E-state index is 0.0187. The number of hydrogen-bond donors (Lipinski definition) is 3. The third-order valence-electron chi connectivity index (χ3n) is 2.61. The fraction of sp³-hybridized carbons (Fsp3) is 0.583. The van der Waals surface area contributed by atoms with Gasteiger partial charge in [-0.1, -0.05) is 6.07 Å². The van der Waals surface area contributed by atoms with Gasteiger partial charge in [-0.3, -0.25) is 4.79 Å². The van der Waals surface area contributed by atoms with Crippen molar-refractivity contribution in [3.63, 3.8) is 0 Å². The van der Waals surface area contributed by atoms with Gasteiger partial charge in [-0.25, -0.2) is 13.1 Å². The van der Waals surface area contributed by atoms with Gasteiger partial charge in [-0.2, -0.15) is 0 Å². The summed E-state index contributed by atoms with van der Waals surface area (Å²) >= 11 is 1.12. The van der Waals surface area contributed by atoms with Crippen LogP contribution in [0, 0.1) is 0 Å². The van der Waals surface area contributed by atoms with E-state index >= 15 is 0 Å². The van der Waals surface area contributed by atoms with Gasteiger partial charge in [-0.15, -0.1) is 11.3 Å². The smallest absolute Gasteiger partial charge is 0.250 e. The van der Waals surface area contributed by atoms with Crippen molar-refractivity contribution in [2.45, 2.75) is 23.1 Å². The van der Waals surface area contributed by atoms with Crippen molar-refractivity contribution in [3.05, 3.63) is 17.5 Å². The molecule has 1 atom stereocenters. The van der Waals surface area contributed by atoms with Crippen LogP contribution in [0.15, 0.2) is 21.7 Å². The maximum Gasteiger partial charge on any atom is 0.250 e. The number of hydrogen-bond acceptors (Lipinski definition) is 6. The van der Waals surface area contributed by atoms with Crippen molar-refractivity contribution < 1.29 is 23.1 Å². The number of aliphatic hydroxyl groups is 1. The molecule has 1 rings (SSSR count). The molecule has 0 aliphatic rings. The number of sulfonamides is 1. The van der Waals surface area contributed by atoms with Crippen LogP contribution in [-0.2, 0) is 19.6 Å². The number of carbonyl (C=O) groups is 1. The second-order valence-corrected chi connectivity index (χ2v) is 7.25. The Bertz CT molecular complexity index is 510.